The SMILES string of the molecule is CCCCCN1c2cc(Cl)c(Cl)cc2N(CC)C1(O)C=C/C=C1/Nc2cc(Cl)c(Cl)cc2N1CC. The third kappa shape index (κ3) is 4.82. The molecule has 0 radical (unpaired) electrons. The molecule has 4 rings (SSSR count). The number of anilines is 4. The first-order chi connectivity index (χ1) is 16.7. The Balaban J connectivity index is 1.68. The molecule has 2 N–H and O–H groups in total. The van der Waals surface area contributed by atoms with E-state index in [0.717, 1.165) is 54.4 Å². The number of hydrogen-bond donors (Lipinski definition) is 2. The summed E-state index contributed by atoms with van der Waals surface area (Å²) in [7, 11) is 0. The summed E-state index contributed by atoms with van der Waals surface area (Å²) in [5.41, 5.74) is 3.61. The highest BCUT2D eigenvalue weighted by Gasteiger charge is 2.46. The van der Waals surface area contributed by atoms with E-state index in [1.807, 2.05) is 59.2 Å². The fraction of sp³-hybridized carbons (Fsp3) is 0.385. The summed E-state index contributed by atoms with van der Waals surface area (Å²) >= 11 is 25.2. The van der Waals surface area contributed by atoms with Crippen molar-refractivity contribution in [1.82, 2.24) is 0 Å². The second-order valence-corrected chi connectivity index (χ2v) is 10.2. The molecule has 0 spiro atoms. The van der Waals surface area contributed by atoms with Gasteiger partial charge in [-0.25, -0.2) is 0 Å². The maximum absolute atomic E-state index is 12.0. The van der Waals surface area contributed by atoms with E-state index in [0.29, 0.717) is 33.2 Å². The molecule has 2 aliphatic heterocycles. The van der Waals surface area contributed by atoms with E-state index in [2.05, 4.69) is 24.1 Å². The van der Waals surface area contributed by atoms with Gasteiger partial charge in [0.1, 0.15) is 5.82 Å². The summed E-state index contributed by atoms with van der Waals surface area (Å²) in [6.07, 6.45) is 8.76. The average Bonchev–Trinajstić information content (AvgIpc) is 3.26. The molecular weight excluding hydrogens is 526 g/mol. The molecule has 188 valence electrons. The van der Waals surface area contributed by atoms with Crippen LogP contribution in [0.2, 0.25) is 20.1 Å². The van der Waals surface area contributed by atoms with Gasteiger partial charge in [0.25, 0.3) is 0 Å². The van der Waals surface area contributed by atoms with Gasteiger partial charge in [0.05, 0.1) is 42.8 Å². The zero-order chi connectivity index (χ0) is 25.3. The molecule has 2 aliphatic rings. The molecule has 0 saturated carbocycles. The molecule has 35 heavy (non-hydrogen) atoms. The molecular formula is C26H30Cl4N4O. The fourth-order valence-corrected chi connectivity index (χ4v) is 5.42. The van der Waals surface area contributed by atoms with Crippen molar-refractivity contribution in [3.63, 3.8) is 0 Å². The number of halogens is 4. The Morgan fingerprint density at radius 2 is 1.43 bits per heavy atom. The first-order valence-corrected chi connectivity index (χ1v) is 13.5. The van der Waals surface area contributed by atoms with Crippen molar-refractivity contribution >= 4 is 69.2 Å². The highest BCUT2D eigenvalue weighted by atomic mass is 35.5. The van der Waals surface area contributed by atoms with Gasteiger partial charge in [0.15, 0.2) is 0 Å². The zero-order valence-corrected chi connectivity index (χ0v) is 23.1. The maximum Gasteiger partial charge on any atom is 0.240 e. The quantitative estimate of drug-likeness (QED) is 0.322. The first-order valence-electron chi connectivity index (χ1n) is 11.9. The lowest BCUT2D eigenvalue weighted by molar-refractivity contribution is 0.0905. The van der Waals surface area contributed by atoms with Crippen LogP contribution in [-0.2, 0) is 0 Å². The summed E-state index contributed by atoms with van der Waals surface area (Å²) in [5, 5.41) is 17.4. The lowest BCUT2D eigenvalue weighted by atomic mass is 10.2. The Hall–Kier alpha value is -1.76. The van der Waals surface area contributed by atoms with Gasteiger partial charge in [-0.15, -0.1) is 0 Å². The van der Waals surface area contributed by atoms with E-state index in [1.165, 1.54) is 0 Å². The molecule has 0 aliphatic carbocycles. The highest BCUT2D eigenvalue weighted by molar-refractivity contribution is 6.43. The third-order valence-electron chi connectivity index (χ3n) is 6.47. The molecule has 1 unspecified atom stereocenters. The Bertz CT molecular complexity index is 1170. The number of allylic oxidation sites excluding steroid dienone is 2. The predicted octanol–water partition coefficient (Wildman–Crippen LogP) is 8.13. The molecule has 0 amide bonds. The summed E-state index contributed by atoms with van der Waals surface area (Å²) < 4.78 is 0. The molecule has 2 heterocycles. The Morgan fingerprint density at radius 1 is 0.829 bits per heavy atom. The number of unbranched alkanes of at least 4 members (excludes halogenated alkanes) is 2. The minimum atomic E-state index is -1.36. The number of nitrogens with zero attached hydrogens (tertiary/aromatic N) is 3. The number of benzene rings is 2. The first kappa shape index (κ1) is 26.3. The predicted molar refractivity (Wildman–Crippen MR) is 152 cm³/mol. The number of hydrogen-bond acceptors (Lipinski definition) is 5. The van der Waals surface area contributed by atoms with Crippen LogP contribution in [0, 0.1) is 0 Å². The van der Waals surface area contributed by atoms with Gasteiger partial charge in [-0.3, -0.25) is 0 Å². The Morgan fingerprint density at radius 3 is 2.03 bits per heavy atom. The molecule has 0 aromatic heterocycles. The monoisotopic (exact) mass is 554 g/mol. The largest absolute Gasteiger partial charge is 0.351 e. The molecule has 0 saturated heterocycles. The van der Waals surface area contributed by atoms with Crippen LogP contribution in [-0.4, -0.2) is 30.6 Å². The van der Waals surface area contributed by atoms with Crippen LogP contribution in [0.15, 0.2) is 48.3 Å². The van der Waals surface area contributed by atoms with Crippen LogP contribution in [0.3, 0.4) is 0 Å². The lowest BCUT2D eigenvalue weighted by Crippen LogP contribution is -2.56. The standard InChI is InChI=1S/C26H30Cl4N4O/c1-4-7-8-12-34-24-16-20(30)19(29)15-23(24)33(6-3)26(34,35)11-9-10-25-31-21-13-17(27)18(28)14-22(21)32(25)5-2/h9-11,13-16,31,35H,4-8,12H2,1-3H3/b11-9?,25-10-. The fourth-order valence-electron chi connectivity index (χ4n) is 4.78. The minimum Gasteiger partial charge on any atom is -0.351 e. The van der Waals surface area contributed by atoms with E-state index in [4.69, 9.17) is 46.4 Å². The van der Waals surface area contributed by atoms with E-state index in [9.17, 15) is 5.11 Å². The average molecular weight is 556 g/mol. The van der Waals surface area contributed by atoms with Gasteiger partial charge in [-0.05, 0) is 56.7 Å². The molecule has 2 aromatic carbocycles. The Kier molecular flexibility index (Phi) is 8.04. The number of aliphatic hydroxyl groups is 1. The minimum absolute atomic E-state index is 0.469. The molecule has 2 aromatic rings. The van der Waals surface area contributed by atoms with Crippen molar-refractivity contribution in [2.45, 2.75) is 45.9 Å². The van der Waals surface area contributed by atoms with Crippen molar-refractivity contribution in [1.29, 1.82) is 0 Å². The van der Waals surface area contributed by atoms with E-state index in [1.54, 1.807) is 0 Å². The van der Waals surface area contributed by atoms with Crippen molar-refractivity contribution < 1.29 is 5.11 Å². The van der Waals surface area contributed by atoms with Gasteiger partial charge in [0, 0.05) is 19.6 Å². The van der Waals surface area contributed by atoms with Crippen molar-refractivity contribution in [2.75, 3.05) is 39.7 Å². The molecule has 1 atom stereocenters. The summed E-state index contributed by atoms with van der Waals surface area (Å²) in [5.74, 6) is -0.478. The number of fused-ring (bicyclic) bond motifs is 2. The smallest absolute Gasteiger partial charge is 0.240 e. The summed E-state index contributed by atoms with van der Waals surface area (Å²) in [6, 6.07) is 7.37. The molecule has 5 nitrogen and oxygen atoms in total. The second kappa shape index (κ2) is 10.7. The van der Waals surface area contributed by atoms with Crippen molar-refractivity contribution in [3.8, 4) is 0 Å². The van der Waals surface area contributed by atoms with Gasteiger partial charge >= 0.3 is 0 Å². The Labute approximate surface area is 227 Å². The van der Waals surface area contributed by atoms with Gasteiger partial charge in [0.2, 0.25) is 5.85 Å². The van der Waals surface area contributed by atoms with Crippen molar-refractivity contribution in [3.05, 3.63) is 68.4 Å². The molecule has 0 fully saturated rings. The van der Waals surface area contributed by atoms with Crippen LogP contribution in [0.25, 0.3) is 0 Å². The normalized spacial score (nSPS) is 20.2. The molecule has 9 heteroatoms. The number of nitrogens with one attached hydrogen (secondary N) is 1. The van der Waals surface area contributed by atoms with Crippen LogP contribution in [0.1, 0.15) is 40.0 Å². The second-order valence-electron chi connectivity index (χ2n) is 8.61. The van der Waals surface area contributed by atoms with Gasteiger partial charge in [-0.2, -0.15) is 0 Å². The van der Waals surface area contributed by atoms with Crippen LogP contribution >= 0.6 is 46.4 Å². The summed E-state index contributed by atoms with van der Waals surface area (Å²) in [6.45, 7) is 8.27. The van der Waals surface area contributed by atoms with Crippen LogP contribution in [0.5, 0.6) is 0 Å². The highest BCUT2D eigenvalue weighted by Crippen LogP contribution is 2.48. The van der Waals surface area contributed by atoms with Gasteiger partial charge in [-0.1, -0.05) is 72.2 Å². The van der Waals surface area contributed by atoms with E-state index in [-0.39, 0.29) is 0 Å². The van der Waals surface area contributed by atoms with Crippen LogP contribution in [0.4, 0.5) is 22.7 Å². The number of likely N-dealkylation sites (N-methyl/N-ethyl adjacent to an activating group) is 1. The zero-order valence-electron chi connectivity index (χ0n) is 20.1. The topological polar surface area (TPSA) is 42.0 Å². The van der Waals surface area contributed by atoms with Crippen molar-refractivity contribution in [2.24, 2.45) is 0 Å². The van der Waals surface area contributed by atoms with E-state index < -0.39 is 5.85 Å². The summed E-state index contributed by atoms with van der Waals surface area (Å²) in [4.78, 5) is 6.07. The lowest BCUT2D eigenvalue weighted by Gasteiger charge is -2.39. The van der Waals surface area contributed by atoms with E-state index >= 15 is 0 Å². The third-order valence-corrected chi connectivity index (χ3v) is 7.91. The van der Waals surface area contributed by atoms with Crippen LogP contribution < -0.4 is 20.0 Å². The van der Waals surface area contributed by atoms with Gasteiger partial charge < -0.3 is 25.1 Å². The number of rotatable bonds is 8. The maximum atomic E-state index is 12.0. The molecule has 0 bridgehead atoms.